The molecule has 0 aliphatic carbocycles. The first-order valence-corrected chi connectivity index (χ1v) is 8.58. The zero-order valence-electron chi connectivity index (χ0n) is 15.0. The van der Waals surface area contributed by atoms with Crippen molar-refractivity contribution < 1.29 is 4.79 Å². The molecule has 1 aromatic heterocycles. The maximum atomic E-state index is 12.2. The first kappa shape index (κ1) is 23.7. The molecule has 0 fully saturated rings. The van der Waals surface area contributed by atoms with E-state index in [0.29, 0.717) is 16.0 Å². The standard InChI is InChI=1S/C13H15BBrN3O.2C2H6/c1-4-6-8-9(7-5-2)16-12(19)10-11(15)17-13(14)18(10)3;2*1-2/h4,6-8H,1,5H2,2-3H3,(H,16,19);2*1-2H3/b8-6-,9-7+;;. The van der Waals surface area contributed by atoms with Gasteiger partial charge in [0, 0.05) is 12.7 Å². The molecule has 4 nitrogen and oxygen atoms in total. The predicted molar refractivity (Wildman–Crippen MR) is 104 cm³/mol. The Bertz CT molecular complexity index is 548. The summed E-state index contributed by atoms with van der Waals surface area (Å²) in [5.41, 5.74) is 1.37. The van der Waals surface area contributed by atoms with Crippen LogP contribution in [0.5, 0.6) is 0 Å². The summed E-state index contributed by atoms with van der Waals surface area (Å²) in [7, 11) is 7.33. The minimum absolute atomic E-state index is 0.271. The number of carbonyl (C=O) groups is 1. The second kappa shape index (κ2) is 14.1. The van der Waals surface area contributed by atoms with Gasteiger partial charge >= 0.3 is 0 Å². The molecule has 1 aromatic rings. The van der Waals surface area contributed by atoms with Gasteiger partial charge in [0.2, 0.25) is 0 Å². The van der Waals surface area contributed by atoms with E-state index in [4.69, 9.17) is 7.85 Å². The van der Waals surface area contributed by atoms with Gasteiger partial charge in [0.05, 0.1) is 5.72 Å². The molecule has 1 heterocycles. The smallest absolute Gasteiger partial charge is 0.275 e. The van der Waals surface area contributed by atoms with Gasteiger partial charge in [0.1, 0.15) is 10.3 Å². The Balaban J connectivity index is 0. The molecule has 6 heteroatoms. The number of hydrogen-bond acceptors (Lipinski definition) is 2. The van der Waals surface area contributed by atoms with Crippen molar-refractivity contribution in [3.05, 3.63) is 46.9 Å². The SMILES string of the molecule is CC.CC.[B]c1nc(Br)c(C(=O)NC(/C=C\C=C)=C/CC)n1C. The lowest BCUT2D eigenvalue weighted by Crippen LogP contribution is -2.27. The average Bonchev–Trinajstić information content (AvgIpc) is 2.81. The van der Waals surface area contributed by atoms with Gasteiger partial charge in [-0.2, -0.15) is 0 Å². The number of nitrogens with one attached hydrogen (secondary N) is 1. The molecule has 0 saturated carbocycles. The fourth-order valence-corrected chi connectivity index (χ4v) is 2.10. The van der Waals surface area contributed by atoms with E-state index in [2.05, 4.69) is 32.8 Å². The van der Waals surface area contributed by atoms with Crippen molar-refractivity contribution in [1.29, 1.82) is 0 Å². The summed E-state index contributed by atoms with van der Waals surface area (Å²) in [5.74, 6) is -0.271. The molecule has 126 valence electrons. The number of imidazole rings is 1. The fraction of sp³-hybridized carbons (Fsp3) is 0.412. The lowest BCUT2D eigenvalue weighted by molar-refractivity contribution is 0.0958. The van der Waals surface area contributed by atoms with Crippen molar-refractivity contribution >= 4 is 35.4 Å². The lowest BCUT2D eigenvalue weighted by atomic mass is 10.1. The lowest BCUT2D eigenvalue weighted by Gasteiger charge is -2.07. The number of carbonyl (C=O) groups excluding carboxylic acids is 1. The van der Waals surface area contributed by atoms with Crippen LogP contribution in [0.15, 0.2) is 41.2 Å². The van der Waals surface area contributed by atoms with E-state index in [9.17, 15) is 4.79 Å². The molecule has 0 bridgehead atoms. The summed E-state index contributed by atoms with van der Waals surface area (Å²) in [5, 5.41) is 2.81. The van der Waals surface area contributed by atoms with Gasteiger partial charge in [-0.25, -0.2) is 4.98 Å². The molecular weight excluding hydrogens is 353 g/mol. The highest BCUT2D eigenvalue weighted by Crippen LogP contribution is 2.12. The first-order valence-electron chi connectivity index (χ1n) is 7.79. The number of amides is 1. The van der Waals surface area contributed by atoms with Crippen LogP contribution in [-0.2, 0) is 7.05 Å². The molecule has 23 heavy (non-hydrogen) atoms. The third-order valence-corrected chi connectivity index (χ3v) is 2.95. The number of halogens is 1. The predicted octanol–water partition coefficient (Wildman–Crippen LogP) is 3.79. The van der Waals surface area contributed by atoms with Crippen LogP contribution in [0.3, 0.4) is 0 Å². The Morgan fingerprint density at radius 2 is 1.96 bits per heavy atom. The highest BCUT2D eigenvalue weighted by Gasteiger charge is 2.17. The van der Waals surface area contributed by atoms with Gasteiger partial charge in [-0.15, -0.1) is 0 Å². The summed E-state index contributed by atoms with van der Waals surface area (Å²) in [6, 6.07) is 0. The molecule has 1 rings (SSSR count). The van der Waals surface area contributed by atoms with E-state index in [1.54, 1.807) is 25.3 Å². The third kappa shape index (κ3) is 8.02. The number of nitrogens with zero attached hydrogens (tertiary/aromatic N) is 2. The van der Waals surface area contributed by atoms with Gasteiger partial charge < -0.3 is 9.88 Å². The molecule has 0 saturated heterocycles. The van der Waals surface area contributed by atoms with Gasteiger partial charge in [0.25, 0.3) is 5.91 Å². The van der Waals surface area contributed by atoms with E-state index in [0.717, 1.165) is 6.42 Å². The zero-order chi connectivity index (χ0) is 18.4. The highest BCUT2D eigenvalue weighted by atomic mass is 79.9. The fourth-order valence-electron chi connectivity index (χ4n) is 1.47. The van der Waals surface area contributed by atoms with Crippen LogP contribution in [0.1, 0.15) is 51.5 Å². The van der Waals surface area contributed by atoms with E-state index < -0.39 is 0 Å². The highest BCUT2D eigenvalue weighted by molar-refractivity contribution is 9.10. The van der Waals surface area contributed by atoms with Crippen molar-refractivity contribution in [1.82, 2.24) is 14.9 Å². The molecule has 2 radical (unpaired) electrons. The second-order valence-corrected chi connectivity index (χ2v) is 4.54. The third-order valence-electron chi connectivity index (χ3n) is 2.40. The molecule has 0 spiro atoms. The second-order valence-electron chi connectivity index (χ2n) is 3.79. The number of aromatic nitrogens is 2. The molecule has 0 unspecified atom stereocenters. The molecule has 0 aliphatic rings. The topological polar surface area (TPSA) is 46.9 Å². The molecule has 0 aromatic carbocycles. The number of hydrogen-bond donors (Lipinski definition) is 1. The van der Waals surface area contributed by atoms with Crippen molar-refractivity contribution in [2.45, 2.75) is 41.0 Å². The van der Waals surface area contributed by atoms with Gasteiger partial charge in [0.15, 0.2) is 7.85 Å². The molecular formula is C17H27BBrN3O. The van der Waals surface area contributed by atoms with E-state index in [1.807, 2.05) is 40.7 Å². The maximum absolute atomic E-state index is 12.2. The van der Waals surface area contributed by atoms with Crippen LogP contribution in [0, 0.1) is 0 Å². The number of allylic oxidation sites excluding steroid dienone is 4. The Kier molecular flexibility index (Phi) is 14.5. The van der Waals surface area contributed by atoms with Crippen LogP contribution in [-0.4, -0.2) is 23.3 Å². The summed E-state index contributed by atoms with van der Waals surface area (Å²) in [4.78, 5) is 16.2. The van der Waals surface area contributed by atoms with Gasteiger partial charge in [-0.3, -0.25) is 4.79 Å². The van der Waals surface area contributed by atoms with Gasteiger partial charge in [-0.05, 0) is 28.4 Å². The maximum Gasteiger partial charge on any atom is 0.275 e. The Morgan fingerprint density at radius 3 is 2.35 bits per heavy atom. The molecule has 1 N–H and O–H groups in total. The Morgan fingerprint density at radius 1 is 1.39 bits per heavy atom. The molecule has 1 amide bonds. The van der Waals surface area contributed by atoms with Crippen molar-refractivity contribution in [2.24, 2.45) is 7.05 Å². The van der Waals surface area contributed by atoms with Crippen LogP contribution >= 0.6 is 15.9 Å². The molecule has 0 aliphatic heterocycles. The van der Waals surface area contributed by atoms with Crippen LogP contribution in [0.2, 0.25) is 0 Å². The quantitative estimate of drug-likeness (QED) is 0.624. The monoisotopic (exact) mass is 379 g/mol. The summed E-state index contributed by atoms with van der Waals surface area (Å²) >= 11 is 3.22. The van der Waals surface area contributed by atoms with E-state index in [-0.39, 0.29) is 11.6 Å². The largest absolute Gasteiger partial charge is 0.335 e. The minimum Gasteiger partial charge on any atom is -0.335 e. The first-order chi connectivity index (χ1) is 11.0. The minimum atomic E-state index is -0.271. The Hall–Kier alpha value is -1.56. The van der Waals surface area contributed by atoms with Crippen LogP contribution in [0.4, 0.5) is 0 Å². The summed E-state index contributed by atoms with van der Waals surface area (Å²) < 4.78 is 1.95. The van der Waals surface area contributed by atoms with Crippen LogP contribution < -0.4 is 11.0 Å². The van der Waals surface area contributed by atoms with E-state index >= 15 is 0 Å². The summed E-state index contributed by atoms with van der Waals surface area (Å²) in [6.07, 6.45) is 7.90. The zero-order valence-corrected chi connectivity index (χ0v) is 16.6. The number of rotatable bonds is 5. The molecule has 0 atom stereocenters. The Labute approximate surface area is 150 Å². The average molecular weight is 380 g/mol. The van der Waals surface area contributed by atoms with Crippen LogP contribution in [0.25, 0.3) is 0 Å². The van der Waals surface area contributed by atoms with Crippen molar-refractivity contribution in [3.8, 4) is 0 Å². The van der Waals surface area contributed by atoms with Crippen molar-refractivity contribution in [3.63, 3.8) is 0 Å². The van der Waals surface area contributed by atoms with E-state index in [1.165, 1.54) is 4.57 Å². The normalized spacial score (nSPS) is 10.3. The summed E-state index contributed by atoms with van der Waals surface area (Å²) in [6.45, 7) is 13.6. The van der Waals surface area contributed by atoms with Gasteiger partial charge in [-0.1, -0.05) is 59.4 Å². The van der Waals surface area contributed by atoms with Crippen molar-refractivity contribution in [2.75, 3.05) is 0 Å².